The molecule has 0 amide bonds. The maximum Gasteiger partial charge on any atom is 0.339 e. The SMILES string of the molecule is C[C@H]1O[C@H](Oc2c(-c3cc(O)c(O)c(O)c3)oc3cc(O)cc(O)c3c2=O)[C@@H](OC(=O)c2cc(O)c(O)c(O)c2)[C@@H](OC(=O)c2cc(O)c(O)c(O)c2)[C@@H]1OC(=O)c1cc(O)c(O)c(O)c1. The van der Waals surface area contributed by atoms with Crippen molar-refractivity contribution in [2.75, 3.05) is 0 Å². The van der Waals surface area contributed by atoms with Gasteiger partial charge in [0.25, 0.3) is 0 Å². The Bertz CT molecular complexity index is 2950. The lowest BCUT2D eigenvalue weighted by Crippen LogP contribution is -2.62. The molecule has 0 spiro atoms. The summed E-state index contributed by atoms with van der Waals surface area (Å²) in [5.41, 5.74) is -4.42. The highest BCUT2D eigenvalue weighted by atomic mass is 16.7. The second-order valence-corrected chi connectivity index (χ2v) is 14.3. The summed E-state index contributed by atoms with van der Waals surface area (Å²) in [5.74, 6) is -20.3. The monoisotopic (exact) mass is 920 g/mol. The lowest BCUT2D eigenvalue weighted by atomic mass is 9.98. The Labute approximate surface area is 365 Å². The second kappa shape index (κ2) is 16.8. The molecule has 6 aromatic rings. The van der Waals surface area contributed by atoms with Crippen LogP contribution in [0.4, 0.5) is 0 Å². The lowest BCUT2D eigenvalue weighted by Gasteiger charge is -2.43. The van der Waals surface area contributed by atoms with Crippen LogP contribution in [0.15, 0.2) is 69.9 Å². The number of hydrogen-bond donors (Lipinski definition) is 14. The van der Waals surface area contributed by atoms with Gasteiger partial charge in [0.1, 0.15) is 22.5 Å². The number of aromatic hydroxyl groups is 14. The molecule has 0 unspecified atom stereocenters. The zero-order chi connectivity index (χ0) is 48.2. The first-order valence-electron chi connectivity index (χ1n) is 18.5. The molecule has 5 atom stereocenters. The predicted molar refractivity (Wildman–Crippen MR) is 213 cm³/mol. The predicted octanol–water partition coefficient (Wildman–Crippen LogP) is 3.14. The van der Waals surface area contributed by atoms with Crippen LogP contribution in [0.25, 0.3) is 22.3 Å². The molecule has 24 heteroatoms. The van der Waals surface area contributed by atoms with Crippen molar-refractivity contribution < 1.29 is 114 Å². The number of rotatable bonds is 9. The molecule has 1 aliphatic heterocycles. The second-order valence-electron chi connectivity index (χ2n) is 14.3. The van der Waals surface area contributed by atoms with E-state index < -0.39 is 179 Å². The van der Waals surface area contributed by atoms with Gasteiger partial charge >= 0.3 is 17.9 Å². The van der Waals surface area contributed by atoms with Gasteiger partial charge in [0.15, 0.2) is 87.0 Å². The van der Waals surface area contributed by atoms with Crippen molar-refractivity contribution in [3.05, 3.63) is 87.6 Å². The zero-order valence-corrected chi connectivity index (χ0v) is 33.0. The Morgan fingerprint density at radius 2 is 0.864 bits per heavy atom. The topological polar surface area (TPSA) is 411 Å². The van der Waals surface area contributed by atoms with E-state index in [9.17, 15) is 90.7 Å². The van der Waals surface area contributed by atoms with Gasteiger partial charge in [-0.15, -0.1) is 0 Å². The van der Waals surface area contributed by atoms with Crippen LogP contribution in [-0.4, -0.2) is 120 Å². The van der Waals surface area contributed by atoms with Crippen LogP contribution in [0, 0.1) is 0 Å². The Kier molecular flexibility index (Phi) is 11.4. The number of benzene rings is 5. The first-order chi connectivity index (χ1) is 31.0. The third kappa shape index (κ3) is 8.19. The molecular weight excluding hydrogens is 888 g/mol. The van der Waals surface area contributed by atoms with Gasteiger partial charge < -0.3 is 99.6 Å². The number of phenols is 14. The van der Waals surface area contributed by atoms with Crippen LogP contribution < -0.4 is 10.2 Å². The van der Waals surface area contributed by atoms with Gasteiger partial charge in [-0.25, -0.2) is 14.4 Å². The maximum absolute atomic E-state index is 14.4. The Morgan fingerprint density at radius 3 is 1.29 bits per heavy atom. The van der Waals surface area contributed by atoms with E-state index in [2.05, 4.69) is 0 Å². The van der Waals surface area contributed by atoms with Gasteiger partial charge in [-0.3, -0.25) is 4.79 Å². The van der Waals surface area contributed by atoms with Crippen LogP contribution in [0.3, 0.4) is 0 Å². The van der Waals surface area contributed by atoms with E-state index in [-0.39, 0.29) is 0 Å². The van der Waals surface area contributed by atoms with E-state index in [1.54, 1.807) is 0 Å². The molecule has 2 heterocycles. The molecule has 1 aromatic heterocycles. The van der Waals surface area contributed by atoms with Crippen molar-refractivity contribution in [1.82, 2.24) is 0 Å². The zero-order valence-electron chi connectivity index (χ0n) is 33.0. The molecule has 0 saturated carbocycles. The van der Waals surface area contributed by atoms with E-state index in [0.717, 1.165) is 31.2 Å². The Hall–Kier alpha value is -9.32. The summed E-state index contributed by atoms with van der Waals surface area (Å²) >= 11 is 0. The molecule has 0 radical (unpaired) electrons. The van der Waals surface area contributed by atoms with E-state index in [1.165, 1.54) is 0 Å². The standard InChI is InChI=1S/C42H32O24/c1-12-34(63-39(58)14-4-21(47)30(54)22(48)5-14)37(64-40(59)15-6-23(49)31(55)24(50)7-15)38(65-41(60)16-8-25(51)32(56)26(52)9-16)42(61-12)66-36-33(57)28-18(44)10-17(43)11-27(28)62-35(36)13-2-19(45)29(53)20(46)3-13/h2-12,34,37-38,42-56H,1H3/t12-,34-,37+,38+,42-/m1/s1. The molecule has 1 saturated heterocycles. The molecule has 1 aliphatic rings. The number of phenolic OH excluding ortho intramolecular Hbond substituents is 14. The molecule has 66 heavy (non-hydrogen) atoms. The van der Waals surface area contributed by atoms with Crippen molar-refractivity contribution in [1.29, 1.82) is 0 Å². The summed E-state index contributed by atoms with van der Waals surface area (Å²) in [5, 5.41) is 142. The number of hydrogen-bond acceptors (Lipinski definition) is 24. The number of carbonyl (C=O) groups excluding carboxylic acids is 3. The van der Waals surface area contributed by atoms with Gasteiger partial charge in [0, 0.05) is 17.7 Å². The van der Waals surface area contributed by atoms with Gasteiger partial charge in [-0.1, -0.05) is 0 Å². The fourth-order valence-electron chi connectivity index (χ4n) is 6.65. The maximum atomic E-state index is 14.4. The summed E-state index contributed by atoms with van der Waals surface area (Å²) in [4.78, 5) is 55.8. The number of carbonyl (C=O) groups is 3. The molecule has 0 aliphatic carbocycles. The van der Waals surface area contributed by atoms with E-state index >= 15 is 0 Å². The van der Waals surface area contributed by atoms with Gasteiger partial charge in [-0.05, 0) is 55.5 Å². The first kappa shape index (κ1) is 44.7. The molecule has 24 nitrogen and oxygen atoms in total. The van der Waals surface area contributed by atoms with Crippen molar-refractivity contribution >= 4 is 28.9 Å². The Balaban J connectivity index is 1.43. The molecule has 5 aromatic carbocycles. The van der Waals surface area contributed by atoms with E-state index in [1.807, 2.05) is 0 Å². The van der Waals surface area contributed by atoms with Gasteiger partial charge in [0.2, 0.25) is 23.6 Å². The van der Waals surface area contributed by atoms with Crippen LogP contribution in [-0.2, 0) is 18.9 Å². The highest BCUT2D eigenvalue weighted by Gasteiger charge is 2.53. The average Bonchev–Trinajstić information content (AvgIpc) is 3.24. The van der Waals surface area contributed by atoms with Crippen LogP contribution in [0.5, 0.6) is 86.2 Å². The van der Waals surface area contributed by atoms with E-state index in [4.69, 9.17) is 28.1 Å². The van der Waals surface area contributed by atoms with Crippen molar-refractivity contribution in [3.8, 4) is 97.6 Å². The van der Waals surface area contributed by atoms with Crippen LogP contribution >= 0.6 is 0 Å². The minimum Gasteiger partial charge on any atom is -0.508 e. The summed E-state index contributed by atoms with van der Waals surface area (Å²) < 4.78 is 34.8. The molecule has 0 bridgehead atoms. The van der Waals surface area contributed by atoms with Gasteiger partial charge in [0.05, 0.1) is 22.8 Å². The molecule has 344 valence electrons. The molecular formula is C42H32O24. The number of fused-ring (bicyclic) bond motifs is 1. The smallest absolute Gasteiger partial charge is 0.339 e. The quantitative estimate of drug-likeness (QED) is 0.0562. The van der Waals surface area contributed by atoms with Gasteiger partial charge in [-0.2, -0.15) is 0 Å². The lowest BCUT2D eigenvalue weighted by molar-refractivity contribution is -0.266. The molecule has 14 N–H and O–H groups in total. The van der Waals surface area contributed by atoms with E-state index in [0.29, 0.717) is 36.4 Å². The fraction of sp³-hybridized carbons (Fsp3) is 0.143. The van der Waals surface area contributed by atoms with Crippen molar-refractivity contribution in [2.24, 2.45) is 0 Å². The first-order valence-corrected chi connectivity index (χ1v) is 18.5. The third-order valence-corrected chi connectivity index (χ3v) is 9.86. The highest BCUT2D eigenvalue weighted by molar-refractivity contribution is 5.93. The fourth-order valence-corrected chi connectivity index (χ4v) is 6.65. The normalized spacial score (nSPS) is 18.0. The summed E-state index contributed by atoms with van der Waals surface area (Å²) in [6.45, 7) is 1.14. The summed E-state index contributed by atoms with van der Waals surface area (Å²) in [6.07, 6.45) is -10.7. The number of ether oxygens (including phenoxy) is 5. The van der Waals surface area contributed by atoms with Crippen molar-refractivity contribution in [3.63, 3.8) is 0 Å². The number of esters is 3. The third-order valence-electron chi connectivity index (χ3n) is 9.86. The largest absolute Gasteiger partial charge is 0.508 e. The van der Waals surface area contributed by atoms with Crippen LogP contribution in [0.1, 0.15) is 38.0 Å². The summed E-state index contributed by atoms with van der Waals surface area (Å²) in [6, 6.07) is 6.85. The average molecular weight is 921 g/mol. The van der Waals surface area contributed by atoms with Crippen LogP contribution in [0.2, 0.25) is 0 Å². The van der Waals surface area contributed by atoms with Crippen molar-refractivity contribution in [2.45, 2.75) is 37.6 Å². The summed E-state index contributed by atoms with van der Waals surface area (Å²) in [7, 11) is 0. The molecule has 7 rings (SSSR count). The Morgan fingerprint density at radius 1 is 0.485 bits per heavy atom. The minimum atomic E-state index is -2.40. The minimum absolute atomic E-state index is 0.450. The molecule has 1 fully saturated rings. The highest BCUT2D eigenvalue weighted by Crippen LogP contribution is 2.45.